The molecule has 0 bridgehead atoms. The summed E-state index contributed by atoms with van der Waals surface area (Å²) in [6.07, 6.45) is 1.07. The van der Waals surface area contributed by atoms with Crippen molar-refractivity contribution >= 4 is 23.1 Å². The van der Waals surface area contributed by atoms with E-state index in [1.165, 1.54) is 0 Å². The van der Waals surface area contributed by atoms with Crippen LogP contribution in [0.3, 0.4) is 0 Å². The molecule has 0 aromatic carbocycles. The molecule has 3 nitrogen and oxygen atoms in total. The molecule has 0 saturated heterocycles. The van der Waals surface area contributed by atoms with E-state index in [0.717, 1.165) is 18.8 Å². The maximum atomic E-state index is 5.88. The molecule has 0 amide bonds. The van der Waals surface area contributed by atoms with Gasteiger partial charge in [0.05, 0.1) is 0 Å². The van der Waals surface area contributed by atoms with Crippen LogP contribution in [0.1, 0.15) is 27.2 Å². The van der Waals surface area contributed by atoms with Crippen LogP contribution in [0, 0.1) is 0 Å². The monoisotopic (exact) mass is 227 g/mol. The minimum absolute atomic E-state index is 0.445. The number of aromatic nitrogens is 1. The van der Waals surface area contributed by atoms with E-state index >= 15 is 0 Å². The molecule has 0 aliphatic heterocycles. The number of pyridine rings is 1. The van der Waals surface area contributed by atoms with E-state index < -0.39 is 0 Å². The number of rotatable bonds is 4. The maximum Gasteiger partial charge on any atom is 0.133 e. The first-order valence-electron chi connectivity index (χ1n) is 5.28. The van der Waals surface area contributed by atoms with E-state index in [2.05, 4.69) is 30.7 Å². The summed E-state index contributed by atoms with van der Waals surface area (Å²) in [5.74, 6) is 0.858. The largest absolute Gasteiger partial charge is 0.399 e. The van der Waals surface area contributed by atoms with Crippen LogP contribution < -0.4 is 10.6 Å². The van der Waals surface area contributed by atoms with Crippen molar-refractivity contribution in [3.05, 3.63) is 17.3 Å². The Bertz CT molecular complexity index is 307. The first kappa shape index (κ1) is 12.1. The Hall–Kier alpha value is -0.960. The predicted molar refractivity (Wildman–Crippen MR) is 66.4 cm³/mol. The molecule has 0 radical (unpaired) electrons. The van der Waals surface area contributed by atoms with Crippen LogP contribution in [0.25, 0.3) is 0 Å². The number of hydrogen-bond donors (Lipinski definition) is 1. The Morgan fingerprint density at radius 1 is 1.47 bits per heavy atom. The number of hydrogen-bond acceptors (Lipinski definition) is 3. The van der Waals surface area contributed by atoms with Crippen molar-refractivity contribution in [2.45, 2.75) is 33.2 Å². The lowest BCUT2D eigenvalue weighted by Gasteiger charge is -2.28. The third kappa shape index (κ3) is 2.99. The van der Waals surface area contributed by atoms with Gasteiger partial charge >= 0.3 is 0 Å². The molecule has 4 heteroatoms. The second-order valence-corrected chi connectivity index (χ2v) is 4.01. The molecule has 0 aliphatic rings. The maximum absolute atomic E-state index is 5.88. The Balaban J connectivity index is 3.01. The van der Waals surface area contributed by atoms with Crippen LogP contribution in [0.5, 0.6) is 0 Å². The minimum atomic E-state index is 0.445. The van der Waals surface area contributed by atoms with Gasteiger partial charge in [0.25, 0.3) is 0 Å². The first-order chi connectivity index (χ1) is 7.08. The highest BCUT2D eigenvalue weighted by molar-refractivity contribution is 6.29. The molecule has 0 fully saturated rings. The Labute approximate surface area is 96.2 Å². The molecular weight excluding hydrogens is 210 g/mol. The summed E-state index contributed by atoms with van der Waals surface area (Å²) in [7, 11) is 0. The average molecular weight is 228 g/mol. The molecule has 15 heavy (non-hydrogen) atoms. The highest BCUT2D eigenvalue weighted by atomic mass is 35.5. The van der Waals surface area contributed by atoms with Crippen molar-refractivity contribution in [2.75, 3.05) is 17.2 Å². The van der Waals surface area contributed by atoms with Crippen LogP contribution in [-0.4, -0.2) is 17.6 Å². The van der Waals surface area contributed by atoms with Gasteiger partial charge in [0.2, 0.25) is 0 Å². The molecule has 1 rings (SSSR count). The second kappa shape index (κ2) is 5.21. The molecule has 0 aliphatic carbocycles. The Kier molecular flexibility index (Phi) is 4.21. The Morgan fingerprint density at radius 2 is 2.13 bits per heavy atom. The standard InChI is InChI=1S/C11H18ClN3/c1-4-8(3)15(5-2)11-7-9(13)6-10(12)14-11/h6-8H,4-5H2,1-3H3,(H2,13,14). The van der Waals surface area contributed by atoms with Gasteiger partial charge in [-0.15, -0.1) is 0 Å². The molecule has 0 spiro atoms. The van der Waals surface area contributed by atoms with E-state index in [4.69, 9.17) is 17.3 Å². The predicted octanol–water partition coefficient (Wildman–Crippen LogP) is 2.94. The van der Waals surface area contributed by atoms with Crippen LogP contribution in [-0.2, 0) is 0 Å². The van der Waals surface area contributed by atoms with E-state index in [-0.39, 0.29) is 0 Å². The third-order valence-electron chi connectivity index (χ3n) is 2.56. The molecule has 1 atom stereocenters. The quantitative estimate of drug-likeness (QED) is 0.805. The van der Waals surface area contributed by atoms with E-state index in [1.807, 2.05) is 6.07 Å². The van der Waals surface area contributed by atoms with Crippen molar-refractivity contribution in [2.24, 2.45) is 0 Å². The molecule has 1 heterocycles. The first-order valence-corrected chi connectivity index (χ1v) is 5.66. The minimum Gasteiger partial charge on any atom is -0.399 e. The van der Waals surface area contributed by atoms with Gasteiger partial charge in [0.1, 0.15) is 11.0 Å². The van der Waals surface area contributed by atoms with E-state index in [9.17, 15) is 0 Å². The normalized spacial score (nSPS) is 12.5. The van der Waals surface area contributed by atoms with Crippen molar-refractivity contribution in [1.29, 1.82) is 0 Å². The van der Waals surface area contributed by atoms with E-state index in [1.54, 1.807) is 6.07 Å². The fraction of sp³-hybridized carbons (Fsp3) is 0.545. The number of nitrogens with zero attached hydrogens (tertiary/aromatic N) is 2. The van der Waals surface area contributed by atoms with Crippen LogP contribution >= 0.6 is 11.6 Å². The fourth-order valence-electron chi connectivity index (χ4n) is 1.57. The van der Waals surface area contributed by atoms with Gasteiger partial charge in [-0.1, -0.05) is 18.5 Å². The van der Waals surface area contributed by atoms with Gasteiger partial charge in [-0.05, 0) is 26.3 Å². The van der Waals surface area contributed by atoms with E-state index in [0.29, 0.717) is 16.9 Å². The number of nitrogens with two attached hydrogens (primary N) is 1. The van der Waals surface area contributed by atoms with Gasteiger partial charge in [-0.3, -0.25) is 0 Å². The summed E-state index contributed by atoms with van der Waals surface area (Å²) in [5.41, 5.74) is 6.40. The van der Waals surface area contributed by atoms with Gasteiger partial charge in [-0.25, -0.2) is 4.98 Å². The van der Waals surface area contributed by atoms with Crippen LogP contribution in [0.2, 0.25) is 5.15 Å². The summed E-state index contributed by atoms with van der Waals surface area (Å²) in [4.78, 5) is 6.48. The van der Waals surface area contributed by atoms with Crippen LogP contribution in [0.4, 0.5) is 11.5 Å². The van der Waals surface area contributed by atoms with Gasteiger partial charge in [-0.2, -0.15) is 0 Å². The Morgan fingerprint density at radius 3 is 2.60 bits per heavy atom. The summed E-state index contributed by atoms with van der Waals surface area (Å²) in [5, 5.41) is 0.451. The SMILES string of the molecule is CCC(C)N(CC)c1cc(N)cc(Cl)n1. The second-order valence-electron chi connectivity index (χ2n) is 3.62. The molecular formula is C11H18ClN3. The van der Waals surface area contributed by atoms with Gasteiger partial charge < -0.3 is 10.6 Å². The lowest BCUT2D eigenvalue weighted by molar-refractivity contribution is 0.623. The van der Waals surface area contributed by atoms with Crippen molar-refractivity contribution in [3.8, 4) is 0 Å². The fourth-order valence-corrected chi connectivity index (χ4v) is 1.78. The summed E-state index contributed by atoms with van der Waals surface area (Å²) >= 11 is 5.88. The van der Waals surface area contributed by atoms with Gasteiger partial charge in [0, 0.05) is 24.3 Å². The zero-order chi connectivity index (χ0) is 11.4. The third-order valence-corrected chi connectivity index (χ3v) is 2.75. The average Bonchev–Trinajstić information content (AvgIpc) is 2.17. The molecule has 84 valence electrons. The molecule has 0 saturated carbocycles. The lowest BCUT2D eigenvalue weighted by atomic mass is 10.2. The lowest BCUT2D eigenvalue weighted by Crippen LogP contribution is -2.33. The van der Waals surface area contributed by atoms with Crippen molar-refractivity contribution in [3.63, 3.8) is 0 Å². The summed E-state index contributed by atoms with van der Waals surface area (Å²) < 4.78 is 0. The summed E-state index contributed by atoms with van der Waals surface area (Å²) in [6, 6.07) is 3.97. The molecule has 1 aromatic heterocycles. The highest BCUT2D eigenvalue weighted by Gasteiger charge is 2.13. The number of halogens is 1. The van der Waals surface area contributed by atoms with Crippen molar-refractivity contribution in [1.82, 2.24) is 4.98 Å². The molecule has 1 aromatic rings. The topological polar surface area (TPSA) is 42.1 Å². The molecule has 2 N–H and O–H groups in total. The number of nitrogen functional groups attached to an aromatic ring is 1. The zero-order valence-electron chi connectivity index (χ0n) is 9.50. The van der Waals surface area contributed by atoms with Gasteiger partial charge in [0.15, 0.2) is 0 Å². The zero-order valence-corrected chi connectivity index (χ0v) is 10.3. The smallest absolute Gasteiger partial charge is 0.133 e. The van der Waals surface area contributed by atoms with Crippen LogP contribution in [0.15, 0.2) is 12.1 Å². The number of anilines is 2. The van der Waals surface area contributed by atoms with Crippen molar-refractivity contribution < 1.29 is 0 Å². The summed E-state index contributed by atoms with van der Waals surface area (Å²) in [6.45, 7) is 7.33. The molecule has 1 unspecified atom stereocenters. The highest BCUT2D eigenvalue weighted by Crippen LogP contribution is 2.21.